The second-order valence-electron chi connectivity index (χ2n) is 6.74. The van der Waals surface area contributed by atoms with Crippen molar-refractivity contribution in [3.63, 3.8) is 0 Å². The number of carbonyl (C=O) groups is 2. The van der Waals surface area contributed by atoms with Crippen molar-refractivity contribution >= 4 is 12.4 Å². The minimum atomic E-state index is -1.06. The lowest BCUT2D eigenvalue weighted by molar-refractivity contribution is -0.113. The van der Waals surface area contributed by atoms with Gasteiger partial charge in [0.25, 0.3) is 0 Å². The molecule has 0 aromatic heterocycles. The molecule has 4 heteroatoms. The molecule has 114 valence electrons. The Morgan fingerprint density at radius 2 is 1.95 bits per heavy atom. The van der Waals surface area contributed by atoms with Crippen molar-refractivity contribution in [1.82, 2.24) is 5.32 Å². The number of nitrogens with one attached hydrogen (secondary N) is 1. The lowest BCUT2D eigenvalue weighted by atomic mass is 9.88. The number of hydrogen-bond donors (Lipinski definition) is 1. The highest BCUT2D eigenvalue weighted by molar-refractivity contribution is 5.78. The molecular formula is C17H23NO3. The van der Waals surface area contributed by atoms with Gasteiger partial charge in [-0.2, -0.15) is 0 Å². The van der Waals surface area contributed by atoms with Crippen LogP contribution in [-0.4, -0.2) is 18.0 Å². The number of amides is 1. The van der Waals surface area contributed by atoms with Gasteiger partial charge in [0.1, 0.15) is 17.4 Å². The number of ether oxygens (including phenoxy) is 1. The predicted octanol–water partition coefficient (Wildman–Crippen LogP) is 3.11. The first-order valence-corrected chi connectivity index (χ1v) is 7.34. The third-order valence-electron chi connectivity index (χ3n) is 3.70. The summed E-state index contributed by atoms with van der Waals surface area (Å²) in [5.41, 5.74) is 1.68. The third-order valence-corrected chi connectivity index (χ3v) is 3.70. The molecule has 1 aromatic rings. The number of benzene rings is 1. The number of hydrogen-bond acceptors (Lipinski definition) is 3. The molecule has 0 spiro atoms. The zero-order valence-corrected chi connectivity index (χ0v) is 13.2. The number of aldehydes is 1. The Hall–Kier alpha value is -1.84. The van der Waals surface area contributed by atoms with Crippen LogP contribution in [0.1, 0.15) is 50.8 Å². The highest BCUT2D eigenvalue weighted by Crippen LogP contribution is 2.31. The van der Waals surface area contributed by atoms with Crippen LogP contribution in [0.4, 0.5) is 4.79 Å². The minimum Gasteiger partial charge on any atom is -0.444 e. The molecule has 0 bridgehead atoms. The van der Waals surface area contributed by atoms with E-state index in [1.54, 1.807) is 27.7 Å². The van der Waals surface area contributed by atoms with Crippen molar-refractivity contribution in [3.05, 3.63) is 34.9 Å². The molecule has 1 aliphatic carbocycles. The molecule has 1 amide bonds. The Balaban J connectivity index is 2.28. The van der Waals surface area contributed by atoms with E-state index in [0.717, 1.165) is 31.1 Å². The second-order valence-corrected chi connectivity index (χ2v) is 6.74. The lowest BCUT2D eigenvalue weighted by Gasteiger charge is -2.29. The summed E-state index contributed by atoms with van der Waals surface area (Å²) in [5, 5.41) is 2.72. The first kappa shape index (κ1) is 15.5. The van der Waals surface area contributed by atoms with E-state index < -0.39 is 17.2 Å². The molecule has 0 saturated heterocycles. The van der Waals surface area contributed by atoms with Gasteiger partial charge in [0, 0.05) is 0 Å². The fraction of sp³-hybridized carbons (Fsp3) is 0.529. The van der Waals surface area contributed by atoms with Crippen molar-refractivity contribution in [2.24, 2.45) is 0 Å². The van der Waals surface area contributed by atoms with E-state index in [1.165, 1.54) is 11.1 Å². The second kappa shape index (κ2) is 5.51. The maximum atomic E-state index is 12.0. The maximum absolute atomic E-state index is 12.0. The standard InChI is InChI=1S/C17H23NO3/c1-16(2,3)21-15(20)18-17(4,11-19)14-10-6-8-12-7-5-9-13(12)14/h6,8,10-11H,5,7,9H2,1-4H3,(H,18,20). The van der Waals surface area contributed by atoms with Gasteiger partial charge in [-0.3, -0.25) is 0 Å². The number of rotatable bonds is 3. The Bertz CT molecular complexity index is 560. The summed E-state index contributed by atoms with van der Waals surface area (Å²) in [6, 6.07) is 5.94. The summed E-state index contributed by atoms with van der Waals surface area (Å²) in [5.74, 6) is 0. The normalized spacial score (nSPS) is 16.8. The average Bonchev–Trinajstić information content (AvgIpc) is 2.83. The van der Waals surface area contributed by atoms with Gasteiger partial charge >= 0.3 is 6.09 Å². The highest BCUT2D eigenvalue weighted by atomic mass is 16.6. The van der Waals surface area contributed by atoms with Crippen molar-refractivity contribution in [2.45, 2.75) is 58.1 Å². The van der Waals surface area contributed by atoms with E-state index in [-0.39, 0.29) is 0 Å². The van der Waals surface area contributed by atoms with Gasteiger partial charge in [0.2, 0.25) is 0 Å². The molecule has 0 radical (unpaired) electrons. The molecule has 1 aromatic carbocycles. The van der Waals surface area contributed by atoms with E-state index in [9.17, 15) is 9.59 Å². The van der Waals surface area contributed by atoms with Gasteiger partial charge in [-0.25, -0.2) is 4.79 Å². The van der Waals surface area contributed by atoms with Crippen molar-refractivity contribution in [3.8, 4) is 0 Å². The van der Waals surface area contributed by atoms with E-state index >= 15 is 0 Å². The fourth-order valence-electron chi connectivity index (χ4n) is 2.78. The van der Waals surface area contributed by atoms with Crippen LogP contribution in [0.15, 0.2) is 18.2 Å². The summed E-state index contributed by atoms with van der Waals surface area (Å²) in [7, 11) is 0. The maximum Gasteiger partial charge on any atom is 0.408 e. The van der Waals surface area contributed by atoms with Gasteiger partial charge in [-0.05, 0) is 63.6 Å². The van der Waals surface area contributed by atoms with Crippen LogP contribution >= 0.6 is 0 Å². The molecule has 0 saturated carbocycles. The zero-order chi connectivity index (χ0) is 15.7. The van der Waals surface area contributed by atoms with Gasteiger partial charge < -0.3 is 14.8 Å². The molecule has 1 unspecified atom stereocenters. The number of fused-ring (bicyclic) bond motifs is 1. The fourth-order valence-corrected chi connectivity index (χ4v) is 2.78. The van der Waals surface area contributed by atoms with Crippen molar-refractivity contribution < 1.29 is 14.3 Å². The van der Waals surface area contributed by atoms with E-state index in [4.69, 9.17) is 4.74 Å². The van der Waals surface area contributed by atoms with Crippen LogP contribution in [0.25, 0.3) is 0 Å². The van der Waals surface area contributed by atoms with E-state index in [2.05, 4.69) is 11.4 Å². The largest absolute Gasteiger partial charge is 0.444 e. The summed E-state index contributed by atoms with van der Waals surface area (Å²) < 4.78 is 5.27. The van der Waals surface area contributed by atoms with Crippen LogP contribution < -0.4 is 5.32 Å². The van der Waals surface area contributed by atoms with E-state index in [1.807, 2.05) is 12.1 Å². The molecule has 21 heavy (non-hydrogen) atoms. The monoisotopic (exact) mass is 289 g/mol. The molecular weight excluding hydrogens is 266 g/mol. The van der Waals surface area contributed by atoms with Crippen LogP contribution in [0.5, 0.6) is 0 Å². The number of aryl methyl sites for hydroxylation is 1. The Labute approximate surface area is 125 Å². The summed E-state index contributed by atoms with van der Waals surface area (Å²) >= 11 is 0. The smallest absolute Gasteiger partial charge is 0.408 e. The van der Waals surface area contributed by atoms with Crippen molar-refractivity contribution in [1.29, 1.82) is 0 Å². The Morgan fingerprint density at radius 1 is 1.24 bits per heavy atom. The first-order chi connectivity index (χ1) is 9.75. The third kappa shape index (κ3) is 3.43. The lowest BCUT2D eigenvalue weighted by Crippen LogP contribution is -2.47. The predicted molar refractivity (Wildman–Crippen MR) is 81.3 cm³/mol. The molecule has 4 nitrogen and oxygen atoms in total. The molecule has 0 heterocycles. The highest BCUT2D eigenvalue weighted by Gasteiger charge is 2.33. The zero-order valence-electron chi connectivity index (χ0n) is 13.2. The first-order valence-electron chi connectivity index (χ1n) is 7.34. The molecule has 1 atom stereocenters. The van der Waals surface area contributed by atoms with Gasteiger partial charge in [-0.15, -0.1) is 0 Å². The topological polar surface area (TPSA) is 55.4 Å². The SMILES string of the molecule is CC(C)(C)OC(=O)NC(C)(C=O)c1cccc2c1CCC2. The summed E-state index contributed by atoms with van der Waals surface area (Å²) in [6.45, 7) is 7.11. The van der Waals surface area contributed by atoms with Crippen molar-refractivity contribution in [2.75, 3.05) is 0 Å². The summed E-state index contributed by atoms with van der Waals surface area (Å²) in [6.07, 6.45) is 3.28. The van der Waals surface area contributed by atoms with Crippen LogP contribution in [-0.2, 0) is 27.9 Å². The summed E-state index contributed by atoms with van der Waals surface area (Å²) in [4.78, 5) is 23.7. The Morgan fingerprint density at radius 3 is 2.57 bits per heavy atom. The van der Waals surface area contributed by atoms with E-state index in [0.29, 0.717) is 0 Å². The minimum absolute atomic E-state index is 0.576. The molecule has 1 aliphatic rings. The molecule has 0 fully saturated rings. The molecule has 2 rings (SSSR count). The van der Waals surface area contributed by atoms with Gasteiger partial charge in [0.15, 0.2) is 0 Å². The quantitative estimate of drug-likeness (QED) is 0.870. The average molecular weight is 289 g/mol. The van der Waals surface area contributed by atoms with Crippen LogP contribution in [0.3, 0.4) is 0 Å². The van der Waals surface area contributed by atoms with Crippen LogP contribution in [0.2, 0.25) is 0 Å². The number of alkyl carbamates (subject to hydrolysis) is 1. The van der Waals surface area contributed by atoms with Crippen LogP contribution in [0, 0.1) is 0 Å². The Kier molecular flexibility index (Phi) is 4.08. The molecule has 1 N–H and O–H groups in total. The molecule has 0 aliphatic heterocycles. The van der Waals surface area contributed by atoms with Gasteiger partial charge in [-0.1, -0.05) is 18.2 Å². The van der Waals surface area contributed by atoms with Gasteiger partial charge in [0.05, 0.1) is 0 Å². The number of carbonyl (C=O) groups excluding carboxylic acids is 2.